The number of aromatic nitrogens is 2. The number of anilines is 1. The SMILES string of the molecule is COCCOc1cccc(C(=O)N2CCC[C@@H](c3ccnc(N)n3)C2)c1. The highest BCUT2D eigenvalue weighted by atomic mass is 16.5. The Morgan fingerprint density at radius 1 is 1.35 bits per heavy atom. The maximum atomic E-state index is 12.9. The second-order valence-electron chi connectivity index (χ2n) is 6.30. The van der Waals surface area contributed by atoms with Crippen LogP contribution in [-0.4, -0.2) is 54.2 Å². The molecule has 26 heavy (non-hydrogen) atoms. The number of likely N-dealkylation sites (tertiary alicyclic amines) is 1. The summed E-state index contributed by atoms with van der Waals surface area (Å²) in [6, 6.07) is 9.15. The van der Waals surface area contributed by atoms with Crippen molar-refractivity contribution in [3.63, 3.8) is 0 Å². The number of hydrogen-bond acceptors (Lipinski definition) is 6. The number of nitrogens with zero attached hydrogens (tertiary/aromatic N) is 3. The molecule has 0 bridgehead atoms. The monoisotopic (exact) mass is 356 g/mol. The molecule has 1 atom stereocenters. The zero-order valence-electron chi connectivity index (χ0n) is 14.9. The number of rotatable bonds is 6. The second kappa shape index (κ2) is 8.62. The molecule has 3 rings (SSSR count). The van der Waals surface area contributed by atoms with Gasteiger partial charge in [0.05, 0.1) is 12.3 Å². The van der Waals surface area contributed by atoms with Crippen molar-refractivity contribution in [2.75, 3.05) is 39.1 Å². The number of ether oxygens (including phenoxy) is 2. The molecule has 2 N–H and O–H groups in total. The van der Waals surface area contributed by atoms with Crippen molar-refractivity contribution in [3.05, 3.63) is 47.8 Å². The first-order valence-electron chi connectivity index (χ1n) is 8.77. The van der Waals surface area contributed by atoms with E-state index in [-0.39, 0.29) is 17.8 Å². The summed E-state index contributed by atoms with van der Waals surface area (Å²) in [6.45, 7) is 2.33. The Bertz CT molecular complexity index is 753. The summed E-state index contributed by atoms with van der Waals surface area (Å²) in [5.74, 6) is 1.13. The topological polar surface area (TPSA) is 90.6 Å². The summed E-state index contributed by atoms with van der Waals surface area (Å²) in [5, 5.41) is 0. The molecule has 1 amide bonds. The smallest absolute Gasteiger partial charge is 0.254 e. The zero-order chi connectivity index (χ0) is 18.4. The molecular weight excluding hydrogens is 332 g/mol. The van der Waals surface area contributed by atoms with Gasteiger partial charge in [-0.25, -0.2) is 9.97 Å². The number of benzene rings is 1. The summed E-state index contributed by atoms with van der Waals surface area (Å²) in [5.41, 5.74) is 7.21. The van der Waals surface area contributed by atoms with Crippen LogP contribution in [0.2, 0.25) is 0 Å². The van der Waals surface area contributed by atoms with Crippen molar-refractivity contribution >= 4 is 11.9 Å². The lowest BCUT2D eigenvalue weighted by Crippen LogP contribution is -2.39. The highest BCUT2D eigenvalue weighted by Gasteiger charge is 2.26. The van der Waals surface area contributed by atoms with Gasteiger partial charge in [-0.1, -0.05) is 6.07 Å². The molecular formula is C19H24N4O3. The van der Waals surface area contributed by atoms with Crippen LogP contribution in [-0.2, 0) is 4.74 Å². The quantitative estimate of drug-likeness (QED) is 0.797. The van der Waals surface area contributed by atoms with Crippen LogP contribution >= 0.6 is 0 Å². The van der Waals surface area contributed by atoms with E-state index < -0.39 is 0 Å². The Morgan fingerprint density at radius 3 is 3.04 bits per heavy atom. The molecule has 2 heterocycles. The van der Waals surface area contributed by atoms with Crippen molar-refractivity contribution in [3.8, 4) is 5.75 Å². The molecule has 138 valence electrons. The van der Waals surface area contributed by atoms with Gasteiger partial charge in [-0.3, -0.25) is 4.79 Å². The highest BCUT2D eigenvalue weighted by molar-refractivity contribution is 5.94. The summed E-state index contributed by atoms with van der Waals surface area (Å²) in [4.78, 5) is 23.0. The number of methoxy groups -OCH3 is 1. The fourth-order valence-corrected chi connectivity index (χ4v) is 3.16. The summed E-state index contributed by atoms with van der Waals surface area (Å²) >= 11 is 0. The predicted octanol–water partition coefficient (Wildman–Crippen LogP) is 2.10. The van der Waals surface area contributed by atoms with E-state index in [0.29, 0.717) is 31.1 Å². The molecule has 1 fully saturated rings. The van der Waals surface area contributed by atoms with Crippen LogP contribution < -0.4 is 10.5 Å². The number of hydrogen-bond donors (Lipinski definition) is 1. The molecule has 1 aromatic carbocycles. The van der Waals surface area contributed by atoms with E-state index >= 15 is 0 Å². The molecule has 2 aromatic rings. The minimum absolute atomic E-state index is 0.00826. The van der Waals surface area contributed by atoms with Crippen LogP contribution in [0.15, 0.2) is 36.5 Å². The van der Waals surface area contributed by atoms with Crippen molar-refractivity contribution in [1.82, 2.24) is 14.9 Å². The van der Waals surface area contributed by atoms with E-state index in [9.17, 15) is 4.79 Å². The molecule has 1 aliphatic rings. The van der Waals surface area contributed by atoms with E-state index in [1.165, 1.54) is 0 Å². The molecule has 0 radical (unpaired) electrons. The van der Waals surface area contributed by atoms with E-state index in [4.69, 9.17) is 15.2 Å². The third-order valence-corrected chi connectivity index (χ3v) is 4.46. The zero-order valence-corrected chi connectivity index (χ0v) is 14.9. The number of nitrogen functional groups attached to an aromatic ring is 1. The minimum Gasteiger partial charge on any atom is -0.491 e. The van der Waals surface area contributed by atoms with E-state index in [0.717, 1.165) is 25.1 Å². The Morgan fingerprint density at radius 2 is 2.23 bits per heavy atom. The van der Waals surface area contributed by atoms with Crippen LogP contribution in [0.5, 0.6) is 5.75 Å². The van der Waals surface area contributed by atoms with E-state index in [2.05, 4.69) is 9.97 Å². The fraction of sp³-hybridized carbons (Fsp3) is 0.421. The molecule has 0 spiro atoms. The van der Waals surface area contributed by atoms with Gasteiger partial charge in [0.15, 0.2) is 0 Å². The number of nitrogens with two attached hydrogens (primary N) is 1. The maximum absolute atomic E-state index is 12.9. The van der Waals surface area contributed by atoms with Crippen molar-refractivity contribution in [2.45, 2.75) is 18.8 Å². The predicted molar refractivity (Wildman–Crippen MR) is 98.1 cm³/mol. The molecule has 0 aliphatic carbocycles. The summed E-state index contributed by atoms with van der Waals surface area (Å²) in [6.07, 6.45) is 3.59. The van der Waals surface area contributed by atoms with Gasteiger partial charge in [0.2, 0.25) is 5.95 Å². The fourth-order valence-electron chi connectivity index (χ4n) is 3.16. The molecule has 7 nitrogen and oxygen atoms in total. The largest absolute Gasteiger partial charge is 0.491 e. The number of carbonyl (C=O) groups excluding carboxylic acids is 1. The van der Waals surface area contributed by atoms with E-state index in [1.807, 2.05) is 29.2 Å². The molecule has 1 saturated heterocycles. The molecule has 0 saturated carbocycles. The van der Waals surface area contributed by atoms with Crippen LogP contribution in [0, 0.1) is 0 Å². The van der Waals surface area contributed by atoms with Gasteiger partial charge >= 0.3 is 0 Å². The summed E-state index contributed by atoms with van der Waals surface area (Å²) < 4.78 is 10.6. The Balaban J connectivity index is 1.68. The lowest BCUT2D eigenvalue weighted by molar-refractivity contribution is 0.0705. The first kappa shape index (κ1) is 18.1. The second-order valence-corrected chi connectivity index (χ2v) is 6.30. The molecule has 1 aliphatic heterocycles. The van der Waals surface area contributed by atoms with Crippen molar-refractivity contribution < 1.29 is 14.3 Å². The minimum atomic E-state index is 0.00826. The Kier molecular flexibility index (Phi) is 6.01. The third kappa shape index (κ3) is 4.49. The van der Waals surface area contributed by atoms with Gasteiger partial charge in [-0.2, -0.15) is 0 Å². The van der Waals surface area contributed by atoms with Gasteiger partial charge in [-0.05, 0) is 37.1 Å². The van der Waals surface area contributed by atoms with Gasteiger partial charge in [0.25, 0.3) is 5.91 Å². The van der Waals surface area contributed by atoms with Crippen molar-refractivity contribution in [1.29, 1.82) is 0 Å². The molecule has 1 aromatic heterocycles. The third-order valence-electron chi connectivity index (χ3n) is 4.46. The van der Waals surface area contributed by atoms with Gasteiger partial charge in [0, 0.05) is 37.9 Å². The first-order chi connectivity index (χ1) is 12.7. The number of amides is 1. The van der Waals surface area contributed by atoms with Crippen LogP contribution in [0.3, 0.4) is 0 Å². The van der Waals surface area contributed by atoms with Crippen LogP contribution in [0.1, 0.15) is 34.8 Å². The van der Waals surface area contributed by atoms with Crippen LogP contribution in [0.4, 0.5) is 5.95 Å². The van der Waals surface area contributed by atoms with E-state index in [1.54, 1.807) is 19.4 Å². The molecule has 0 unspecified atom stereocenters. The number of piperidine rings is 1. The normalized spacial score (nSPS) is 17.1. The standard InChI is InChI=1S/C19H24N4O3/c1-25-10-11-26-16-6-2-4-14(12-16)18(24)23-9-3-5-15(13-23)17-7-8-21-19(20)22-17/h2,4,6-8,12,15H,3,5,9-11,13H2,1H3,(H2,20,21,22)/t15-/m1/s1. The molecule has 7 heteroatoms. The van der Waals surface area contributed by atoms with Crippen LogP contribution in [0.25, 0.3) is 0 Å². The first-order valence-corrected chi connectivity index (χ1v) is 8.77. The lowest BCUT2D eigenvalue weighted by atomic mass is 9.94. The Hall–Kier alpha value is -2.67. The van der Waals surface area contributed by atoms with Gasteiger partial charge in [0.1, 0.15) is 12.4 Å². The van der Waals surface area contributed by atoms with Gasteiger partial charge < -0.3 is 20.1 Å². The average Bonchev–Trinajstić information content (AvgIpc) is 2.68. The summed E-state index contributed by atoms with van der Waals surface area (Å²) in [7, 11) is 1.63. The highest BCUT2D eigenvalue weighted by Crippen LogP contribution is 2.27. The maximum Gasteiger partial charge on any atom is 0.254 e. The van der Waals surface area contributed by atoms with Crippen molar-refractivity contribution in [2.24, 2.45) is 0 Å². The Labute approximate surface area is 153 Å². The lowest BCUT2D eigenvalue weighted by Gasteiger charge is -2.32. The average molecular weight is 356 g/mol. The number of carbonyl (C=O) groups is 1. The van der Waals surface area contributed by atoms with Gasteiger partial charge in [-0.15, -0.1) is 0 Å².